The summed E-state index contributed by atoms with van der Waals surface area (Å²) < 4.78 is 5.34. The molecule has 1 saturated heterocycles. The number of ether oxygens (including phenoxy) is 1. The highest BCUT2D eigenvalue weighted by Gasteiger charge is 2.34. The van der Waals surface area contributed by atoms with Crippen molar-refractivity contribution in [3.8, 4) is 0 Å². The summed E-state index contributed by atoms with van der Waals surface area (Å²) in [5.41, 5.74) is 0. The molecule has 1 heterocycles. The van der Waals surface area contributed by atoms with Crippen LogP contribution in [0.15, 0.2) is 0 Å². The van der Waals surface area contributed by atoms with Crippen molar-refractivity contribution in [1.82, 2.24) is 4.90 Å². The van der Waals surface area contributed by atoms with Gasteiger partial charge in [-0.2, -0.15) is 0 Å². The molecule has 4 nitrogen and oxygen atoms in total. The smallest absolute Gasteiger partial charge is 0.232 e. The Balaban J connectivity index is 2.27. The van der Waals surface area contributed by atoms with Crippen molar-refractivity contribution in [2.45, 2.75) is 27.2 Å². The number of hydrogen-bond acceptors (Lipinski definition) is 3. The van der Waals surface area contributed by atoms with Gasteiger partial charge in [-0.3, -0.25) is 14.5 Å². The van der Waals surface area contributed by atoms with Gasteiger partial charge in [0.2, 0.25) is 11.8 Å². The van der Waals surface area contributed by atoms with Crippen LogP contribution in [-0.2, 0) is 14.3 Å². The van der Waals surface area contributed by atoms with Crippen LogP contribution in [-0.4, -0.2) is 36.5 Å². The van der Waals surface area contributed by atoms with Crippen LogP contribution in [0.4, 0.5) is 0 Å². The Kier molecular flexibility index (Phi) is 4.27. The summed E-state index contributed by atoms with van der Waals surface area (Å²) in [5, 5.41) is 0. The van der Waals surface area contributed by atoms with E-state index in [2.05, 4.69) is 13.8 Å². The molecule has 0 aromatic heterocycles. The van der Waals surface area contributed by atoms with E-state index >= 15 is 0 Å². The van der Waals surface area contributed by atoms with Crippen molar-refractivity contribution in [3.63, 3.8) is 0 Å². The van der Waals surface area contributed by atoms with Crippen LogP contribution in [0.5, 0.6) is 0 Å². The van der Waals surface area contributed by atoms with Gasteiger partial charge in [0.1, 0.15) is 0 Å². The van der Waals surface area contributed by atoms with Gasteiger partial charge in [0, 0.05) is 18.9 Å². The van der Waals surface area contributed by atoms with E-state index in [1.807, 2.05) is 0 Å². The summed E-state index contributed by atoms with van der Waals surface area (Å²) >= 11 is 0. The fourth-order valence-electron chi connectivity index (χ4n) is 1.56. The van der Waals surface area contributed by atoms with Crippen LogP contribution in [0.1, 0.15) is 27.2 Å². The van der Waals surface area contributed by atoms with E-state index in [1.165, 1.54) is 4.90 Å². The first-order valence-corrected chi connectivity index (χ1v) is 5.44. The Hall–Kier alpha value is -0.900. The minimum atomic E-state index is -0.150. The number of rotatable bonds is 5. The third-order valence-corrected chi connectivity index (χ3v) is 2.38. The molecule has 0 spiro atoms. The molecule has 2 amide bonds. The van der Waals surface area contributed by atoms with Crippen LogP contribution in [0.2, 0.25) is 0 Å². The van der Waals surface area contributed by atoms with E-state index in [-0.39, 0.29) is 17.7 Å². The minimum Gasteiger partial charge on any atom is -0.379 e. The van der Waals surface area contributed by atoms with Gasteiger partial charge < -0.3 is 4.74 Å². The van der Waals surface area contributed by atoms with Gasteiger partial charge in [0.05, 0.1) is 13.2 Å². The number of nitrogens with zero attached hydrogens (tertiary/aromatic N) is 1. The Morgan fingerprint density at radius 1 is 1.47 bits per heavy atom. The Labute approximate surface area is 90.6 Å². The number of amides is 2. The lowest BCUT2D eigenvalue weighted by atomic mass is 10.1. The van der Waals surface area contributed by atoms with Gasteiger partial charge in [0.15, 0.2) is 0 Å². The second-order valence-corrected chi connectivity index (χ2v) is 4.46. The monoisotopic (exact) mass is 213 g/mol. The SMILES string of the molecule is CC(C)COCCN1C(=O)CC(C)C1=O. The molecular formula is C11H19NO3. The molecule has 0 radical (unpaired) electrons. The molecule has 0 aromatic carbocycles. The zero-order chi connectivity index (χ0) is 11.4. The number of carbonyl (C=O) groups excluding carboxylic acids is 2. The third-order valence-electron chi connectivity index (χ3n) is 2.38. The Morgan fingerprint density at radius 3 is 2.60 bits per heavy atom. The first-order chi connectivity index (χ1) is 7.02. The molecule has 0 bridgehead atoms. The molecule has 0 aromatic rings. The van der Waals surface area contributed by atoms with E-state index in [4.69, 9.17) is 4.74 Å². The third kappa shape index (κ3) is 3.30. The largest absolute Gasteiger partial charge is 0.379 e. The van der Waals surface area contributed by atoms with Crippen molar-refractivity contribution in [2.24, 2.45) is 11.8 Å². The zero-order valence-corrected chi connectivity index (χ0v) is 9.66. The molecule has 1 rings (SSSR count). The molecule has 0 aliphatic carbocycles. The minimum absolute atomic E-state index is 0.0619. The lowest BCUT2D eigenvalue weighted by molar-refractivity contribution is -0.140. The van der Waals surface area contributed by atoms with Crippen molar-refractivity contribution in [2.75, 3.05) is 19.8 Å². The zero-order valence-electron chi connectivity index (χ0n) is 9.66. The van der Waals surface area contributed by atoms with Gasteiger partial charge in [-0.25, -0.2) is 0 Å². The predicted octanol–water partition coefficient (Wildman–Crippen LogP) is 1.05. The van der Waals surface area contributed by atoms with E-state index in [1.54, 1.807) is 6.92 Å². The van der Waals surface area contributed by atoms with Crippen LogP contribution in [0.3, 0.4) is 0 Å². The Morgan fingerprint density at radius 2 is 2.13 bits per heavy atom. The van der Waals surface area contributed by atoms with E-state index < -0.39 is 0 Å². The van der Waals surface area contributed by atoms with Crippen molar-refractivity contribution in [3.05, 3.63) is 0 Å². The first-order valence-electron chi connectivity index (χ1n) is 5.44. The first kappa shape index (κ1) is 12.2. The number of likely N-dealkylation sites (tertiary alicyclic amines) is 1. The maximum atomic E-state index is 11.5. The summed E-state index contributed by atoms with van der Waals surface area (Å²) in [6, 6.07) is 0. The highest BCUT2D eigenvalue weighted by molar-refractivity contribution is 6.03. The summed E-state index contributed by atoms with van der Waals surface area (Å²) in [6.45, 7) is 7.43. The van der Waals surface area contributed by atoms with Gasteiger partial charge in [-0.05, 0) is 5.92 Å². The van der Waals surface area contributed by atoms with Crippen molar-refractivity contribution in [1.29, 1.82) is 0 Å². The molecule has 86 valence electrons. The maximum Gasteiger partial charge on any atom is 0.232 e. The highest BCUT2D eigenvalue weighted by Crippen LogP contribution is 2.17. The average Bonchev–Trinajstić information content (AvgIpc) is 2.37. The van der Waals surface area contributed by atoms with Crippen LogP contribution in [0.25, 0.3) is 0 Å². The quantitative estimate of drug-likeness (QED) is 0.506. The second kappa shape index (κ2) is 5.26. The fourth-order valence-corrected chi connectivity index (χ4v) is 1.56. The van der Waals surface area contributed by atoms with Crippen molar-refractivity contribution < 1.29 is 14.3 Å². The number of hydrogen-bond donors (Lipinski definition) is 0. The van der Waals surface area contributed by atoms with E-state index in [9.17, 15) is 9.59 Å². The second-order valence-electron chi connectivity index (χ2n) is 4.46. The molecule has 0 N–H and O–H groups in total. The van der Waals surface area contributed by atoms with Gasteiger partial charge >= 0.3 is 0 Å². The van der Waals surface area contributed by atoms with Gasteiger partial charge in [0.25, 0.3) is 0 Å². The normalized spacial score (nSPS) is 21.9. The molecule has 4 heteroatoms. The van der Waals surface area contributed by atoms with Crippen LogP contribution in [0, 0.1) is 11.8 Å². The maximum absolute atomic E-state index is 11.5. The fraction of sp³-hybridized carbons (Fsp3) is 0.818. The molecule has 1 aliphatic rings. The summed E-state index contributed by atoms with van der Waals surface area (Å²) in [7, 11) is 0. The Bertz CT molecular complexity index is 250. The van der Waals surface area contributed by atoms with Crippen LogP contribution >= 0.6 is 0 Å². The summed E-state index contributed by atoms with van der Waals surface area (Å²) in [5.74, 6) is 0.199. The lowest BCUT2D eigenvalue weighted by Gasteiger charge is -2.14. The predicted molar refractivity (Wildman–Crippen MR) is 56.2 cm³/mol. The lowest BCUT2D eigenvalue weighted by Crippen LogP contribution is -2.33. The van der Waals surface area contributed by atoms with E-state index in [0.717, 1.165) is 0 Å². The summed E-state index contributed by atoms with van der Waals surface area (Å²) in [4.78, 5) is 24.2. The number of imide groups is 1. The average molecular weight is 213 g/mol. The molecule has 1 aliphatic heterocycles. The molecule has 15 heavy (non-hydrogen) atoms. The standard InChI is InChI=1S/C11H19NO3/c1-8(2)7-15-5-4-12-10(13)6-9(3)11(12)14/h8-9H,4-7H2,1-3H3. The van der Waals surface area contributed by atoms with Crippen LogP contribution < -0.4 is 0 Å². The molecule has 1 unspecified atom stereocenters. The topological polar surface area (TPSA) is 46.6 Å². The molecule has 1 atom stereocenters. The van der Waals surface area contributed by atoms with Gasteiger partial charge in [-0.1, -0.05) is 20.8 Å². The van der Waals surface area contributed by atoms with Crippen molar-refractivity contribution >= 4 is 11.8 Å². The summed E-state index contributed by atoms with van der Waals surface area (Å²) in [6.07, 6.45) is 0.350. The number of carbonyl (C=O) groups is 2. The molecule has 0 saturated carbocycles. The molecule has 1 fully saturated rings. The molecular weight excluding hydrogens is 194 g/mol. The highest BCUT2D eigenvalue weighted by atomic mass is 16.5. The van der Waals surface area contributed by atoms with Gasteiger partial charge in [-0.15, -0.1) is 0 Å². The van der Waals surface area contributed by atoms with E-state index in [0.29, 0.717) is 32.1 Å².